The van der Waals surface area contributed by atoms with Gasteiger partial charge in [0.2, 0.25) is 0 Å². The summed E-state index contributed by atoms with van der Waals surface area (Å²) < 4.78 is 52.2. The van der Waals surface area contributed by atoms with E-state index in [-0.39, 0.29) is 23.5 Å². The maximum Gasteiger partial charge on any atom is 0.416 e. The van der Waals surface area contributed by atoms with E-state index in [0.29, 0.717) is 18.3 Å². The van der Waals surface area contributed by atoms with Crippen LogP contribution in [0.25, 0.3) is 10.2 Å². The molecule has 1 aromatic heterocycles. The number of benzene rings is 3. The van der Waals surface area contributed by atoms with Crippen molar-refractivity contribution in [2.45, 2.75) is 25.1 Å². The lowest BCUT2D eigenvalue weighted by Gasteiger charge is -2.36. The van der Waals surface area contributed by atoms with Gasteiger partial charge in [0.15, 0.2) is 16.6 Å². The van der Waals surface area contributed by atoms with Crippen molar-refractivity contribution < 1.29 is 27.4 Å². The minimum Gasteiger partial charge on any atom is -0.486 e. The molecule has 1 unspecified atom stereocenters. The summed E-state index contributed by atoms with van der Waals surface area (Å²) in [6.07, 6.45) is -2.75. The SMILES string of the molecule is O=C(c1ccc(C(F)(F)F)cc1)N(CC1CCN(CC2COc3ccccc3O2)CC1)c1nc2ccccc2s1. The van der Waals surface area contributed by atoms with E-state index < -0.39 is 11.7 Å². The van der Waals surface area contributed by atoms with Crippen LogP contribution in [0.15, 0.2) is 72.8 Å². The van der Waals surface area contributed by atoms with Crippen molar-refractivity contribution in [1.29, 1.82) is 0 Å². The first kappa shape index (κ1) is 26.6. The molecule has 0 bridgehead atoms. The summed E-state index contributed by atoms with van der Waals surface area (Å²) in [5.74, 6) is 1.42. The van der Waals surface area contributed by atoms with Gasteiger partial charge in [0.25, 0.3) is 5.91 Å². The van der Waals surface area contributed by atoms with E-state index in [4.69, 9.17) is 14.5 Å². The van der Waals surface area contributed by atoms with Gasteiger partial charge in [0.1, 0.15) is 12.7 Å². The Balaban J connectivity index is 1.14. The Morgan fingerprint density at radius 3 is 2.40 bits per heavy atom. The average molecular weight is 568 g/mol. The molecule has 0 aliphatic carbocycles. The molecule has 0 radical (unpaired) electrons. The van der Waals surface area contributed by atoms with Crippen LogP contribution >= 0.6 is 11.3 Å². The van der Waals surface area contributed by atoms with E-state index in [1.54, 1.807) is 4.90 Å². The quantitative estimate of drug-likeness (QED) is 0.266. The molecule has 0 saturated carbocycles. The number of carbonyl (C=O) groups excluding carboxylic acids is 1. The van der Waals surface area contributed by atoms with Crippen LogP contribution in [-0.2, 0) is 6.18 Å². The van der Waals surface area contributed by atoms with Crippen LogP contribution in [0.5, 0.6) is 11.5 Å². The van der Waals surface area contributed by atoms with Crippen LogP contribution in [0.4, 0.5) is 18.3 Å². The molecule has 208 valence electrons. The van der Waals surface area contributed by atoms with E-state index >= 15 is 0 Å². The highest BCUT2D eigenvalue weighted by molar-refractivity contribution is 7.22. The number of halogens is 3. The van der Waals surface area contributed by atoms with Gasteiger partial charge in [0.05, 0.1) is 15.8 Å². The van der Waals surface area contributed by atoms with Crippen molar-refractivity contribution in [3.05, 3.63) is 83.9 Å². The largest absolute Gasteiger partial charge is 0.486 e. The molecule has 3 aromatic carbocycles. The molecule has 2 aliphatic heterocycles. The molecule has 1 saturated heterocycles. The summed E-state index contributed by atoms with van der Waals surface area (Å²) in [5, 5.41) is 0.556. The topological polar surface area (TPSA) is 54.9 Å². The number of ether oxygens (including phenoxy) is 2. The lowest BCUT2D eigenvalue weighted by molar-refractivity contribution is -0.137. The second kappa shape index (κ2) is 11.1. The molecular formula is C30H28F3N3O3S. The zero-order valence-electron chi connectivity index (χ0n) is 21.6. The molecule has 40 heavy (non-hydrogen) atoms. The highest BCUT2D eigenvalue weighted by Crippen LogP contribution is 2.34. The number of hydrogen-bond acceptors (Lipinski definition) is 6. The molecule has 10 heteroatoms. The number of amides is 1. The van der Waals surface area contributed by atoms with Crippen molar-refractivity contribution in [2.75, 3.05) is 37.7 Å². The molecule has 0 spiro atoms. The smallest absolute Gasteiger partial charge is 0.416 e. The van der Waals surface area contributed by atoms with Crippen LogP contribution in [0, 0.1) is 5.92 Å². The number of alkyl halides is 3. The number of carbonyl (C=O) groups is 1. The molecule has 6 rings (SSSR count). The highest BCUT2D eigenvalue weighted by atomic mass is 32.1. The first-order chi connectivity index (χ1) is 19.3. The molecule has 1 atom stereocenters. The van der Waals surface area contributed by atoms with E-state index in [1.165, 1.54) is 23.5 Å². The van der Waals surface area contributed by atoms with E-state index in [0.717, 1.165) is 66.3 Å². The second-order valence-electron chi connectivity index (χ2n) is 10.2. The number of anilines is 1. The lowest BCUT2D eigenvalue weighted by atomic mass is 9.95. The zero-order chi connectivity index (χ0) is 27.7. The Labute approximate surface area is 233 Å². The number of likely N-dealkylation sites (tertiary alicyclic amines) is 1. The molecule has 1 fully saturated rings. The van der Waals surface area contributed by atoms with Gasteiger partial charge in [0, 0.05) is 18.7 Å². The number of hydrogen-bond donors (Lipinski definition) is 0. The summed E-state index contributed by atoms with van der Waals surface area (Å²) >= 11 is 1.42. The number of nitrogens with zero attached hydrogens (tertiary/aromatic N) is 3. The predicted molar refractivity (Wildman–Crippen MR) is 148 cm³/mol. The molecule has 3 heterocycles. The third kappa shape index (κ3) is 5.78. The van der Waals surface area contributed by atoms with Crippen molar-refractivity contribution >= 4 is 32.6 Å². The summed E-state index contributed by atoms with van der Waals surface area (Å²) in [6, 6.07) is 19.7. The van der Waals surface area contributed by atoms with E-state index in [9.17, 15) is 18.0 Å². The number of para-hydroxylation sites is 3. The standard InChI is InChI=1S/C30H28F3N3O3S/c31-30(32,33)22-11-9-21(10-12-22)28(37)36(29-34-24-5-1-4-8-27(24)40-29)17-20-13-15-35(16-14-20)18-23-19-38-25-6-2-3-7-26(25)39-23/h1-12,20,23H,13-19H2. The van der Waals surface area contributed by atoms with Crippen molar-refractivity contribution in [2.24, 2.45) is 5.92 Å². The molecule has 2 aliphatic rings. The van der Waals surface area contributed by atoms with Crippen LogP contribution in [-0.4, -0.2) is 54.7 Å². The minimum atomic E-state index is -4.46. The van der Waals surface area contributed by atoms with Gasteiger partial charge in [-0.1, -0.05) is 35.6 Å². The monoisotopic (exact) mass is 567 g/mol. The minimum absolute atomic E-state index is 0.0491. The fourth-order valence-electron chi connectivity index (χ4n) is 5.23. The highest BCUT2D eigenvalue weighted by Gasteiger charge is 2.32. The Hall–Kier alpha value is -3.63. The third-order valence-corrected chi connectivity index (χ3v) is 8.45. The second-order valence-corrected chi connectivity index (χ2v) is 11.2. The maximum absolute atomic E-state index is 13.7. The lowest BCUT2D eigenvalue weighted by Crippen LogP contribution is -2.46. The third-order valence-electron chi connectivity index (χ3n) is 7.40. The Kier molecular flexibility index (Phi) is 7.37. The molecule has 4 aromatic rings. The van der Waals surface area contributed by atoms with Crippen LogP contribution in [0.2, 0.25) is 0 Å². The van der Waals surface area contributed by atoms with Gasteiger partial charge < -0.3 is 9.47 Å². The Morgan fingerprint density at radius 1 is 0.975 bits per heavy atom. The molecule has 0 N–H and O–H groups in total. The van der Waals surface area contributed by atoms with Crippen molar-refractivity contribution in [1.82, 2.24) is 9.88 Å². The van der Waals surface area contributed by atoms with Crippen LogP contribution < -0.4 is 14.4 Å². The van der Waals surface area contributed by atoms with Gasteiger partial charge in [-0.05, 0) is 80.4 Å². The number of rotatable bonds is 6. The fraction of sp³-hybridized carbons (Fsp3) is 0.333. The fourth-order valence-corrected chi connectivity index (χ4v) is 6.21. The van der Waals surface area contributed by atoms with Crippen LogP contribution in [0.3, 0.4) is 0 Å². The summed E-state index contributed by atoms with van der Waals surface area (Å²) in [4.78, 5) is 22.4. The van der Waals surface area contributed by atoms with Gasteiger partial charge in [-0.2, -0.15) is 13.2 Å². The maximum atomic E-state index is 13.7. The zero-order valence-corrected chi connectivity index (χ0v) is 22.5. The average Bonchev–Trinajstić information content (AvgIpc) is 3.40. The Morgan fingerprint density at radius 2 is 1.68 bits per heavy atom. The van der Waals surface area contributed by atoms with Gasteiger partial charge in [-0.3, -0.25) is 14.6 Å². The number of thiazole rings is 1. The first-order valence-electron chi connectivity index (χ1n) is 13.3. The normalized spacial score (nSPS) is 18.1. The summed E-state index contributed by atoms with van der Waals surface area (Å²) in [5.41, 5.74) is 0.219. The van der Waals surface area contributed by atoms with Gasteiger partial charge in [-0.25, -0.2) is 4.98 Å². The molecule has 6 nitrogen and oxygen atoms in total. The van der Waals surface area contributed by atoms with Gasteiger partial charge in [-0.15, -0.1) is 0 Å². The van der Waals surface area contributed by atoms with Crippen molar-refractivity contribution in [3.8, 4) is 11.5 Å². The summed E-state index contributed by atoms with van der Waals surface area (Å²) in [7, 11) is 0. The van der Waals surface area contributed by atoms with E-state index in [1.807, 2.05) is 48.5 Å². The summed E-state index contributed by atoms with van der Waals surface area (Å²) in [6.45, 7) is 3.42. The van der Waals surface area contributed by atoms with E-state index in [2.05, 4.69) is 4.90 Å². The molecule has 1 amide bonds. The van der Waals surface area contributed by atoms with Crippen molar-refractivity contribution in [3.63, 3.8) is 0 Å². The molecular weight excluding hydrogens is 539 g/mol. The number of fused-ring (bicyclic) bond motifs is 2. The first-order valence-corrected chi connectivity index (χ1v) is 14.1. The number of aromatic nitrogens is 1. The van der Waals surface area contributed by atoms with Gasteiger partial charge >= 0.3 is 6.18 Å². The number of piperidine rings is 1. The Bertz CT molecular complexity index is 1450. The predicted octanol–water partition coefficient (Wildman–Crippen LogP) is 6.51. The van der Waals surface area contributed by atoms with Crippen LogP contribution in [0.1, 0.15) is 28.8 Å².